The first-order valence-electron chi connectivity index (χ1n) is 10.7. The highest BCUT2D eigenvalue weighted by Gasteiger charge is 2.62. The van der Waals surface area contributed by atoms with E-state index in [-0.39, 0.29) is 0 Å². The van der Waals surface area contributed by atoms with Crippen molar-refractivity contribution >= 4 is 15.2 Å². The van der Waals surface area contributed by atoms with Gasteiger partial charge in [0.2, 0.25) is 0 Å². The minimum Gasteiger partial charge on any atom is -0.362 e. The van der Waals surface area contributed by atoms with Gasteiger partial charge in [-0.05, 0) is 85.4 Å². The number of Topliss-reactive ketones (excluding diaryl/α,β-unsaturated/α-hetero) is 1. The van der Waals surface area contributed by atoms with Gasteiger partial charge in [0, 0.05) is 21.8 Å². The normalized spacial score (nSPS) is 52.6. The Balaban J connectivity index is 1.64. The Morgan fingerprint density at radius 3 is 2.40 bits per heavy atom. The molecule has 4 rings (SSSR count). The predicted molar refractivity (Wildman–Crippen MR) is 105 cm³/mol. The van der Waals surface area contributed by atoms with E-state index in [9.17, 15) is 4.79 Å². The van der Waals surface area contributed by atoms with Gasteiger partial charge < -0.3 is 4.52 Å². The van der Waals surface area contributed by atoms with Crippen LogP contribution in [0.15, 0.2) is 0 Å². The van der Waals surface area contributed by atoms with Crippen molar-refractivity contribution in [3.8, 4) is 0 Å². The third-order valence-corrected chi connectivity index (χ3v) is 9.88. The first-order valence-corrected chi connectivity index (χ1v) is 11.2. The first kappa shape index (κ1) is 18.4. The molecule has 0 saturated heterocycles. The van der Waals surface area contributed by atoms with E-state index in [1.54, 1.807) is 0 Å². The van der Waals surface area contributed by atoms with E-state index in [0.717, 1.165) is 24.7 Å². The molecular formula is C22H37O2P. The standard InChI is InChI=1S/C22H37O2P/c1-13(2)16-5-6-17-20-18(8-10-22(16,17)4)21(3)9-7-15(24-25)11-14(21)12-19(20)23/h13-18,20H,5-12,25H2,1-4H3/t14-,15+,16+,17?,18?,20?,21-,22+/m0/s1. The highest BCUT2D eigenvalue weighted by molar-refractivity contribution is 7.09. The van der Waals surface area contributed by atoms with Crippen LogP contribution < -0.4 is 0 Å². The van der Waals surface area contributed by atoms with Crippen molar-refractivity contribution in [2.75, 3.05) is 0 Å². The van der Waals surface area contributed by atoms with E-state index in [2.05, 4.69) is 37.2 Å². The van der Waals surface area contributed by atoms with Crippen molar-refractivity contribution in [3.05, 3.63) is 0 Å². The number of hydrogen-bond acceptors (Lipinski definition) is 2. The fraction of sp³-hybridized carbons (Fsp3) is 0.955. The molecule has 4 saturated carbocycles. The molecule has 0 aromatic rings. The molecule has 4 fully saturated rings. The maximum Gasteiger partial charge on any atom is 0.136 e. The van der Waals surface area contributed by atoms with Gasteiger partial charge in [0.05, 0.1) is 6.10 Å². The van der Waals surface area contributed by atoms with E-state index < -0.39 is 0 Å². The number of carbonyl (C=O) groups excluding carboxylic acids is 1. The maximum absolute atomic E-state index is 13.3. The summed E-state index contributed by atoms with van der Waals surface area (Å²) >= 11 is 0. The van der Waals surface area contributed by atoms with Crippen LogP contribution in [0.25, 0.3) is 0 Å². The van der Waals surface area contributed by atoms with Crippen LogP contribution in [-0.2, 0) is 9.32 Å². The topological polar surface area (TPSA) is 26.3 Å². The van der Waals surface area contributed by atoms with E-state index in [4.69, 9.17) is 4.52 Å². The fourth-order valence-corrected chi connectivity index (χ4v) is 8.40. The van der Waals surface area contributed by atoms with E-state index >= 15 is 0 Å². The molecule has 0 bridgehead atoms. The highest BCUT2D eigenvalue weighted by atomic mass is 31.0. The fourth-order valence-electron chi connectivity index (χ4n) is 8.15. The molecule has 0 heterocycles. The highest BCUT2D eigenvalue weighted by Crippen LogP contribution is 2.67. The molecule has 0 N–H and O–H groups in total. The molecule has 2 nitrogen and oxygen atoms in total. The second-order valence-electron chi connectivity index (χ2n) is 10.6. The molecule has 0 amide bonds. The van der Waals surface area contributed by atoms with Crippen LogP contribution in [0.4, 0.5) is 0 Å². The summed E-state index contributed by atoms with van der Waals surface area (Å²) < 4.78 is 5.59. The minimum absolute atomic E-state index is 0.345. The van der Waals surface area contributed by atoms with Crippen molar-refractivity contribution < 1.29 is 9.32 Å². The Kier molecular flexibility index (Phi) is 4.64. The van der Waals surface area contributed by atoms with Crippen molar-refractivity contribution in [1.29, 1.82) is 0 Å². The predicted octanol–water partition coefficient (Wildman–Crippen LogP) is 5.66. The van der Waals surface area contributed by atoms with Crippen molar-refractivity contribution in [2.24, 2.45) is 46.3 Å². The number of fused-ring (bicyclic) bond motifs is 5. The van der Waals surface area contributed by atoms with Crippen LogP contribution in [0.5, 0.6) is 0 Å². The molecule has 4 aliphatic rings. The summed E-state index contributed by atoms with van der Waals surface area (Å²) in [5.74, 6) is 4.37. The Hall–Kier alpha value is 0.0600. The summed E-state index contributed by atoms with van der Waals surface area (Å²) in [6.45, 7) is 9.85. The van der Waals surface area contributed by atoms with Crippen molar-refractivity contribution in [3.63, 3.8) is 0 Å². The lowest BCUT2D eigenvalue weighted by molar-refractivity contribution is -0.159. The summed E-state index contributed by atoms with van der Waals surface area (Å²) in [6, 6.07) is 0. The largest absolute Gasteiger partial charge is 0.362 e. The lowest BCUT2D eigenvalue weighted by atomic mass is 9.44. The first-order chi connectivity index (χ1) is 11.8. The zero-order valence-corrected chi connectivity index (χ0v) is 17.7. The van der Waals surface area contributed by atoms with Gasteiger partial charge in [0.25, 0.3) is 0 Å². The van der Waals surface area contributed by atoms with Crippen LogP contribution in [0.2, 0.25) is 0 Å². The zero-order valence-electron chi connectivity index (χ0n) is 16.6. The molecule has 9 atom stereocenters. The molecule has 0 aliphatic heterocycles. The third kappa shape index (κ3) is 2.60. The SMILES string of the molecule is CC(C)[C@H]1CCC2C3C(=O)C[C@@H]4C[C@H](OP)CC[C@]4(C)C3CC[C@@]21C. The third-order valence-electron chi connectivity index (χ3n) is 9.49. The Bertz CT molecular complexity index is 546. The Morgan fingerprint density at radius 2 is 1.72 bits per heavy atom. The molecule has 3 heteroatoms. The van der Waals surface area contributed by atoms with Crippen molar-refractivity contribution in [1.82, 2.24) is 0 Å². The average molecular weight is 365 g/mol. The van der Waals surface area contributed by atoms with Crippen LogP contribution in [-0.4, -0.2) is 11.9 Å². The van der Waals surface area contributed by atoms with Crippen LogP contribution >= 0.6 is 9.47 Å². The number of carbonyl (C=O) groups is 1. The van der Waals surface area contributed by atoms with Crippen molar-refractivity contribution in [2.45, 2.75) is 85.2 Å². The van der Waals surface area contributed by atoms with E-state index in [0.29, 0.717) is 46.4 Å². The minimum atomic E-state index is 0.345. The molecule has 25 heavy (non-hydrogen) atoms. The van der Waals surface area contributed by atoms with Gasteiger partial charge in [0.1, 0.15) is 5.78 Å². The molecule has 4 unspecified atom stereocenters. The summed E-state index contributed by atoms with van der Waals surface area (Å²) in [6.07, 6.45) is 9.95. The van der Waals surface area contributed by atoms with E-state index in [1.165, 1.54) is 38.5 Å². The van der Waals surface area contributed by atoms with Crippen LogP contribution in [0, 0.1) is 46.3 Å². The van der Waals surface area contributed by atoms with Gasteiger partial charge in [-0.3, -0.25) is 4.79 Å². The smallest absolute Gasteiger partial charge is 0.136 e. The second kappa shape index (κ2) is 6.30. The molecular weight excluding hydrogens is 327 g/mol. The van der Waals surface area contributed by atoms with Gasteiger partial charge in [-0.1, -0.05) is 27.7 Å². The lowest BCUT2D eigenvalue weighted by Gasteiger charge is -2.60. The Morgan fingerprint density at radius 1 is 1.04 bits per heavy atom. The molecule has 0 spiro atoms. The maximum atomic E-state index is 13.3. The summed E-state index contributed by atoms with van der Waals surface area (Å²) in [4.78, 5) is 13.3. The van der Waals surface area contributed by atoms with Crippen LogP contribution in [0.3, 0.4) is 0 Å². The molecule has 0 aromatic carbocycles. The number of rotatable bonds is 2. The average Bonchev–Trinajstić information content (AvgIpc) is 2.92. The summed E-state index contributed by atoms with van der Waals surface area (Å²) in [7, 11) is 2.45. The molecule has 142 valence electrons. The van der Waals surface area contributed by atoms with Gasteiger partial charge in [0.15, 0.2) is 0 Å². The number of ketones is 1. The van der Waals surface area contributed by atoms with Gasteiger partial charge in [-0.25, -0.2) is 0 Å². The molecule has 4 aliphatic carbocycles. The lowest BCUT2D eigenvalue weighted by Crippen LogP contribution is -2.57. The summed E-state index contributed by atoms with van der Waals surface area (Å²) in [5.41, 5.74) is 0.782. The quantitative estimate of drug-likeness (QED) is 0.591. The monoisotopic (exact) mass is 364 g/mol. The van der Waals surface area contributed by atoms with Gasteiger partial charge in [-0.2, -0.15) is 0 Å². The van der Waals surface area contributed by atoms with Gasteiger partial charge >= 0.3 is 0 Å². The Labute approximate surface area is 156 Å². The zero-order chi connectivity index (χ0) is 18.0. The molecule has 0 radical (unpaired) electrons. The van der Waals surface area contributed by atoms with Crippen LogP contribution in [0.1, 0.15) is 79.1 Å². The molecule has 0 aromatic heterocycles. The number of hydrogen-bond donors (Lipinski definition) is 0. The van der Waals surface area contributed by atoms with E-state index in [1.807, 2.05) is 0 Å². The van der Waals surface area contributed by atoms with Gasteiger partial charge in [-0.15, -0.1) is 0 Å². The summed E-state index contributed by atoms with van der Waals surface area (Å²) in [5, 5.41) is 0. The second-order valence-corrected chi connectivity index (χ2v) is 10.9.